The average molecular weight is 278 g/mol. The molecule has 110 valence electrons. The van der Waals surface area contributed by atoms with Crippen molar-refractivity contribution in [3.05, 3.63) is 29.8 Å². The number of nitrogens with one attached hydrogen (secondary N) is 2. The SMILES string of the molecule is COc1ccc(C(O)CNC(=O)C2CCCCN2)cc1. The molecule has 0 aromatic heterocycles. The number of aliphatic hydroxyl groups is 1. The third-order valence-electron chi connectivity index (χ3n) is 3.60. The van der Waals surface area contributed by atoms with Crippen molar-refractivity contribution in [3.63, 3.8) is 0 Å². The van der Waals surface area contributed by atoms with Crippen LogP contribution in [0.5, 0.6) is 5.75 Å². The summed E-state index contributed by atoms with van der Waals surface area (Å²) in [6, 6.07) is 7.07. The summed E-state index contributed by atoms with van der Waals surface area (Å²) in [5.41, 5.74) is 0.766. The van der Waals surface area contributed by atoms with Crippen LogP contribution < -0.4 is 15.4 Å². The Balaban J connectivity index is 1.81. The highest BCUT2D eigenvalue weighted by Crippen LogP contribution is 2.17. The number of methoxy groups -OCH3 is 1. The maximum Gasteiger partial charge on any atom is 0.237 e. The molecular formula is C15H22N2O3. The van der Waals surface area contributed by atoms with E-state index in [1.54, 1.807) is 31.4 Å². The van der Waals surface area contributed by atoms with Crippen LogP contribution in [-0.4, -0.2) is 37.3 Å². The van der Waals surface area contributed by atoms with Crippen molar-refractivity contribution in [1.82, 2.24) is 10.6 Å². The molecule has 1 aromatic rings. The molecule has 0 radical (unpaired) electrons. The van der Waals surface area contributed by atoms with E-state index in [2.05, 4.69) is 10.6 Å². The van der Waals surface area contributed by atoms with Crippen molar-refractivity contribution >= 4 is 5.91 Å². The molecule has 0 aliphatic carbocycles. The van der Waals surface area contributed by atoms with Crippen molar-refractivity contribution in [3.8, 4) is 5.75 Å². The van der Waals surface area contributed by atoms with Crippen LogP contribution in [0.3, 0.4) is 0 Å². The number of hydrogen-bond acceptors (Lipinski definition) is 4. The minimum atomic E-state index is -0.701. The quantitative estimate of drug-likeness (QED) is 0.751. The van der Waals surface area contributed by atoms with Crippen LogP contribution in [0, 0.1) is 0 Å². The number of amides is 1. The first-order valence-electron chi connectivity index (χ1n) is 7.04. The molecule has 1 aliphatic rings. The summed E-state index contributed by atoms with van der Waals surface area (Å²) in [4.78, 5) is 11.9. The van der Waals surface area contributed by atoms with Gasteiger partial charge in [0.25, 0.3) is 0 Å². The van der Waals surface area contributed by atoms with Crippen LogP contribution >= 0.6 is 0 Å². The molecule has 2 rings (SSSR count). The zero-order valence-electron chi connectivity index (χ0n) is 11.8. The van der Waals surface area contributed by atoms with Gasteiger partial charge in [-0.3, -0.25) is 4.79 Å². The van der Waals surface area contributed by atoms with E-state index in [0.29, 0.717) is 0 Å². The monoisotopic (exact) mass is 278 g/mol. The topological polar surface area (TPSA) is 70.6 Å². The maximum absolute atomic E-state index is 11.9. The van der Waals surface area contributed by atoms with Crippen LogP contribution in [0.25, 0.3) is 0 Å². The summed E-state index contributed by atoms with van der Waals surface area (Å²) >= 11 is 0. The Morgan fingerprint density at radius 1 is 1.45 bits per heavy atom. The largest absolute Gasteiger partial charge is 0.497 e. The number of hydrogen-bond donors (Lipinski definition) is 3. The van der Waals surface area contributed by atoms with Crippen LogP contribution in [0.15, 0.2) is 24.3 Å². The van der Waals surface area contributed by atoms with Gasteiger partial charge in [0.2, 0.25) is 5.91 Å². The summed E-state index contributed by atoms with van der Waals surface area (Å²) in [5, 5.41) is 16.0. The number of carbonyl (C=O) groups is 1. The maximum atomic E-state index is 11.9. The van der Waals surface area contributed by atoms with E-state index in [9.17, 15) is 9.90 Å². The van der Waals surface area contributed by atoms with Crippen molar-refractivity contribution in [2.75, 3.05) is 20.2 Å². The third-order valence-corrected chi connectivity index (χ3v) is 3.60. The Morgan fingerprint density at radius 3 is 2.80 bits per heavy atom. The van der Waals surface area contributed by atoms with Gasteiger partial charge in [0.05, 0.1) is 19.3 Å². The van der Waals surface area contributed by atoms with Gasteiger partial charge in [0.1, 0.15) is 5.75 Å². The number of carbonyl (C=O) groups excluding carboxylic acids is 1. The van der Waals surface area contributed by atoms with Gasteiger partial charge < -0.3 is 20.5 Å². The molecule has 2 unspecified atom stereocenters. The molecule has 1 amide bonds. The summed E-state index contributed by atoms with van der Waals surface area (Å²) in [6.07, 6.45) is 2.36. The summed E-state index contributed by atoms with van der Waals surface area (Å²) in [5.74, 6) is 0.716. The van der Waals surface area contributed by atoms with E-state index in [4.69, 9.17) is 4.74 Å². The van der Waals surface area contributed by atoms with E-state index in [1.807, 2.05) is 0 Å². The second-order valence-corrected chi connectivity index (χ2v) is 5.04. The Morgan fingerprint density at radius 2 is 2.20 bits per heavy atom. The zero-order chi connectivity index (χ0) is 14.4. The van der Waals surface area contributed by atoms with Crippen LogP contribution in [0.2, 0.25) is 0 Å². The fourth-order valence-corrected chi connectivity index (χ4v) is 2.34. The first-order chi connectivity index (χ1) is 9.70. The molecule has 1 heterocycles. The minimum absolute atomic E-state index is 0.0303. The number of aliphatic hydroxyl groups excluding tert-OH is 1. The normalized spacial score (nSPS) is 20.2. The molecule has 1 saturated heterocycles. The van der Waals surface area contributed by atoms with E-state index in [0.717, 1.165) is 37.1 Å². The first-order valence-corrected chi connectivity index (χ1v) is 7.04. The van der Waals surface area contributed by atoms with E-state index >= 15 is 0 Å². The molecule has 5 heteroatoms. The highest BCUT2D eigenvalue weighted by Gasteiger charge is 2.20. The van der Waals surface area contributed by atoms with Gasteiger partial charge in [0, 0.05) is 6.54 Å². The van der Waals surface area contributed by atoms with Gasteiger partial charge >= 0.3 is 0 Å². The highest BCUT2D eigenvalue weighted by atomic mass is 16.5. The summed E-state index contributed by atoms with van der Waals surface area (Å²) in [6.45, 7) is 1.11. The molecule has 1 fully saturated rings. The van der Waals surface area contributed by atoms with Gasteiger partial charge in [-0.1, -0.05) is 18.6 Å². The van der Waals surface area contributed by atoms with Gasteiger partial charge in [-0.05, 0) is 37.1 Å². The van der Waals surface area contributed by atoms with E-state index < -0.39 is 6.10 Å². The second-order valence-electron chi connectivity index (χ2n) is 5.04. The number of rotatable bonds is 5. The lowest BCUT2D eigenvalue weighted by Crippen LogP contribution is -2.47. The van der Waals surface area contributed by atoms with Crippen LogP contribution in [0.4, 0.5) is 0 Å². The molecule has 20 heavy (non-hydrogen) atoms. The lowest BCUT2D eigenvalue weighted by molar-refractivity contribution is -0.124. The molecule has 0 saturated carbocycles. The fraction of sp³-hybridized carbons (Fsp3) is 0.533. The predicted octanol–water partition coefficient (Wildman–Crippen LogP) is 0.987. The standard InChI is InChI=1S/C15H22N2O3/c1-20-12-7-5-11(6-8-12)14(18)10-17-15(19)13-4-2-3-9-16-13/h5-8,13-14,16,18H,2-4,9-10H2,1H3,(H,17,19). The highest BCUT2D eigenvalue weighted by molar-refractivity contribution is 5.81. The summed E-state index contributed by atoms with van der Waals surface area (Å²) < 4.78 is 5.07. The number of piperidine rings is 1. The van der Waals surface area contributed by atoms with Gasteiger partial charge in [-0.15, -0.1) is 0 Å². The lowest BCUT2D eigenvalue weighted by Gasteiger charge is -2.23. The first kappa shape index (κ1) is 14.8. The molecule has 1 aromatic carbocycles. The fourth-order valence-electron chi connectivity index (χ4n) is 2.34. The van der Waals surface area contributed by atoms with Crippen molar-refractivity contribution in [1.29, 1.82) is 0 Å². The average Bonchev–Trinajstić information content (AvgIpc) is 2.53. The van der Waals surface area contributed by atoms with Gasteiger partial charge in [0.15, 0.2) is 0 Å². The smallest absolute Gasteiger partial charge is 0.237 e. The Labute approximate surface area is 119 Å². The molecule has 5 nitrogen and oxygen atoms in total. The predicted molar refractivity (Wildman–Crippen MR) is 76.6 cm³/mol. The van der Waals surface area contributed by atoms with Gasteiger partial charge in [-0.25, -0.2) is 0 Å². The van der Waals surface area contributed by atoms with Crippen LogP contribution in [0.1, 0.15) is 30.9 Å². The Hall–Kier alpha value is -1.59. The zero-order valence-corrected chi connectivity index (χ0v) is 11.8. The minimum Gasteiger partial charge on any atom is -0.497 e. The number of ether oxygens (including phenoxy) is 1. The van der Waals surface area contributed by atoms with Crippen molar-refractivity contribution in [2.45, 2.75) is 31.4 Å². The van der Waals surface area contributed by atoms with Gasteiger partial charge in [-0.2, -0.15) is 0 Å². The molecular weight excluding hydrogens is 256 g/mol. The lowest BCUT2D eigenvalue weighted by atomic mass is 10.0. The van der Waals surface area contributed by atoms with E-state index in [1.165, 1.54) is 0 Å². The molecule has 1 aliphatic heterocycles. The van der Waals surface area contributed by atoms with E-state index in [-0.39, 0.29) is 18.5 Å². The Bertz CT molecular complexity index is 427. The number of benzene rings is 1. The molecule has 0 spiro atoms. The molecule has 3 N–H and O–H groups in total. The Kier molecular flexibility index (Phi) is 5.38. The molecule has 2 atom stereocenters. The van der Waals surface area contributed by atoms with Crippen molar-refractivity contribution in [2.24, 2.45) is 0 Å². The second kappa shape index (κ2) is 7.26. The van der Waals surface area contributed by atoms with Crippen molar-refractivity contribution < 1.29 is 14.6 Å². The third kappa shape index (κ3) is 3.95. The molecule has 0 bridgehead atoms. The summed E-state index contributed by atoms with van der Waals surface area (Å²) in [7, 11) is 1.60. The van der Waals surface area contributed by atoms with Crippen LogP contribution in [-0.2, 0) is 4.79 Å².